The van der Waals surface area contributed by atoms with E-state index in [-0.39, 0.29) is 11.9 Å². The lowest BCUT2D eigenvalue weighted by molar-refractivity contribution is -0.0688. The number of rotatable bonds is 5. The van der Waals surface area contributed by atoms with E-state index in [9.17, 15) is 4.79 Å². The molecule has 1 aromatic rings. The molecule has 1 N–H and O–H groups in total. The summed E-state index contributed by atoms with van der Waals surface area (Å²) < 4.78 is 6.02. The van der Waals surface area contributed by atoms with Crippen molar-refractivity contribution < 1.29 is 9.53 Å². The predicted octanol–water partition coefficient (Wildman–Crippen LogP) is 5.34. The fourth-order valence-electron chi connectivity index (χ4n) is 7.02. The van der Waals surface area contributed by atoms with Gasteiger partial charge in [-0.05, 0) is 119 Å². The molecule has 3 heteroatoms. The second kappa shape index (κ2) is 6.83. The summed E-state index contributed by atoms with van der Waals surface area (Å²) in [5, 5.41) is 3.37. The van der Waals surface area contributed by atoms with Crippen molar-refractivity contribution in [1.29, 1.82) is 0 Å². The highest BCUT2D eigenvalue weighted by atomic mass is 16.5. The Hall–Kier alpha value is -1.51. The zero-order valence-corrected chi connectivity index (χ0v) is 16.6. The Kier molecular flexibility index (Phi) is 4.44. The first-order valence-electron chi connectivity index (χ1n) is 11.2. The van der Waals surface area contributed by atoms with Gasteiger partial charge in [-0.2, -0.15) is 0 Å². The van der Waals surface area contributed by atoms with Crippen molar-refractivity contribution in [3.63, 3.8) is 0 Å². The molecule has 5 saturated carbocycles. The molecule has 1 aromatic carbocycles. The molecule has 146 valence electrons. The molecule has 1 amide bonds. The largest absolute Gasteiger partial charge is 0.490 e. The molecule has 1 unspecified atom stereocenters. The fraction of sp³-hybridized carbons (Fsp3) is 0.708. The third kappa shape index (κ3) is 3.39. The van der Waals surface area contributed by atoms with E-state index in [1.54, 1.807) is 0 Å². The first-order valence-corrected chi connectivity index (χ1v) is 11.2. The molecule has 0 spiro atoms. The summed E-state index contributed by atoms with van der Waals surface area (Å²) in [7, 11) is 0. The molecule has 0 heterocycles. The van der Waals surface area contributed by atoms with Crippen molar-refractivity contribution in [1.82, 2.24) is 5.32 Å². The van der Waals surface area contributed by atoms with E-state index in [2.05, 4.69) is 12.2 Å². The van der Waals surface area contributed by atoms with Crippen molar-refractivity contribution in [3.8, 4) is 5.75 Å². The van der Waals surface area contributed by atoms with Crippen LogP contribution in [0.15, 0.2) is 24.3 Å². The Labute approximate surface area is 163 Å². The van der Waals surface area contributed by atoms with Gasteiger partial charge >= 0.3 is 0 Å². The third-order valence-corrected chi connectivity index (χ3v) is 8.07. The van der Waals surface area contributed by atoms with Gasteiger partial charge in [-0.3, -0.25) is 4.79 Å². The maximum Gasteiger partial charge on any atom is 0.251 e. The number of hydrogen-bond acceptors (Lipinski definition) is 2. The minimum Gasteiger partial charge on any atom is -0.490 e. The van der Waals surface area contributed by atoms with Gasteiger partial charge in [0.15, 0.2) is 0 Å². The van der Waals surface area contributed by atoms with E-state index >= 15 is 0 Å². The summed E-state index contributed by atoms with van der Waals surface area (Å²) in [6.45, 7) is 2.25. The van der Waals surface area contributed by atoms with Crippen molar-refractivity contribution in [2.45, 2.75) is 83.3 Å². The summed E-state index contributed by atoms with van der Waals surface area (Å²) in [5.41, 5.74) is 1.11. The molecular weight excluding hydrogens is 334 g/mol. The van der Waals surface area contributed by atoms with E-state index in [0.717, 1.165) is 41.9 Å². The molecule has 0 aromatic heterocycles. The van der Waals surface area contributed by atoms with Crippen LogP contribution in [0.2, 0.25) is 0 Å². The number of carbonyl (C=O) groups excluding carboxylic acids is 1. The molecule has 27 heavy (non-hydrogen) atoms. The highest BCUT2D eigenvalue weighted by Crippen LogP contribution is 2.61. The summed E-state index contributed by atoms with van der Waals surface area (Å²) in [4.78, 5) is 12.9. The van der Waals surface area contributed by atoms with Crippen LogP contribution < -0.4 is 10.1 Å². The molecule has 5 aliphatic carbocycles. The zero-order chi connectivity index (χ0) is 18.4. The van der Waals surface area contributed by atoms with Crippen LogP contribution >= 0.6 is 0 Å². The SMILES string of the molecule is CC(NC(=O)c1ccc(OC2CCCC2)cc1)C12CC3CC(CC(C3)C1)C2. The van der Waals surface area contributed by atoms with Crippen LogP contribution in [0.4, 0.5) is 0 Å². The lowest BCUT2D eigenvalue weighted by Gasteiger charge is -2.59. The Balaban J connectivity index is 1.22. The van der Waals surface area contributed by atoms with Gasteiger partial charge in [0.05, 0.1) is 6.10 Å². The van der Waals surface area contributed by atoms with Gasteiger partial charge in [0.25, 0.3) is 5.91 Å². The molecule has 3 nitrogen and oxygen atoms in total. The van der Waals surface area contributed by atoms with Gasteiger partial charge < -0.3 is 10.1 Å². The van der Waals surface area contributed by atoms with Crippen molar-refractivity contribution in [3.05, 3.63) is 29.8 Å². The molecule has 0 aliphatic heterocycles. The summed E-state index contributed by atoms with van der Waals surface area (Å²) in [5.74, 6) is 3.73. The predicted molar refractivity (Wildman–Crippen MR) is 107 cm³/mol. The van der Waals surface area contributed by atoms with Crippen LogP contribution in [0.3, 0.4) is 0 Å². The number of nitrogens with one attached hydrogen (secondary N) is 1. The van der Waals surface area contributed by atoms with Crippen LogP contribution in [-0.2, 0) is 0 Å². The topological polar surface area (TPSA) is 38.3 Å². The number of hydrogen-bond donors (Lipinski definition) is 1. The maximum atomic E-state index is 12.9. The first kappa shape index (κ1) is 17.6. The van der Waals surface area contributed by atoms with Gasteiger partial charge in [-0.1, -0.05) is 0 Å². The second-order valence-electron chi connectivity index (χ2n) is 10.0. The number of amides is 1. The van der Waals surface area contributed by atoms with Gasteiger partial charge in [-0.15, -0.1) is 0 Å². The number of benzene rings is 1. The molecule has 4 bridgehead atoms. The molecule has 5 fully saturated rings. The smallest absolute Gasteiger partial charge is 0.251 e. The normalized spacial score (nSPS) is 36.0. The minimum absolute atomic E-state index is 0.0747. The lowest BCUT2D eigenvalue weighted by atomic mass is 9.48. The monoisotopic (exact) mass is 367 g/mol. The summed E-state index contributed by atoms with van der Waals surface area (Å²) in [6.07, 6.45) is 13.5. The fourth-order valence-corrected chi connectivity index (χ4v) is 7.02. The van der Waals surface area contributed by atoms with Gasteiger partial charge in [0.1, 0.15) is 5.75 Å². The van der Waals surface area contributed by atoms with E-state index in [1.165, 1.54) is 51.4 Å². The zero-order valence-electron chi connectivity index (χ0n) is 16.6. The van der Waals surface area contributed by atoms with Crippen LogP contribution in [0.25, 0.3) is 0 Å². The molecular formula is C24H33NO2. The average Bonchev–Trinajstić information content (AvgIpc) is 3.14. The third-order valence-electron chi connectivity index (χ3n) is 8.07. The molecule has 1 atom stereocenters. The standard InChI is InChI=1S/C24H33NO2/c1-16(24-13-17-10-18(14-24)12-19(11-17)15-24)25-23(26)20-6-8-22(9-7-20)27-21-4-2-3-5-21/h6-9,16-19,21H,2-5,10-15H2,1H3,(H,25,26). The molecule has 0 radical (unpaired) electrons. The lowest BCUT2D eigenvalue weighted by Crippen LogP contribution is -2.55. The van der Waals surface area contributed by atoms with Crippen molar-refractivity contribution in [2.75, 3.05) is 0 Å². The van der Waals surface area contributed by atoms with Crippen LogP contribution in [0.5, 0.6) is 5.75 Å². The van der Waals surface area contributed by atoms with E-state index < -0.39 is 0 Å². The minimum atomic E-state index is 0.0747. The summed E-state index contributed by atoms with van der Waals surface area (Å²) >= 11 is 0. The Bertz CT molecular complexity index is 654. The molecule has 0 saturated heterocycles. The van der Waals surface area contributed by atoms with E-state index in [1.807, 2.05) is 24.3 Å². The number of ether oxygens (including phenoxy) is 1. The highest BCUT2D eigenvalue weighted by molar-refractivity contribution is 5.94. The van der Waals surface area contributed by atoms with Gasteiger partial charge in [0, 0.05) is 11.6 Å². The van der Waals surface area contributed by atoms with Crippen LogP contribution in [-0.4, -0.2) is 18.1 Å². The molecule has 6 rings (SSSR count). The van der Waals surface area contributed by atoms with Gasteiger partial charge in [-0.25, -0.2) is 0 Å². The second-order valence-corrected chi connectivity index (χ2v) is 10.0. The van der Waals surface area contributed by atoms with Gasteiger partial charge in [0.2, 0.25) is 0 Å². The molecule has 5 aliphatic rings. The Morgan fingerprint density at radius 1 is 1.00 bits per heavy atom. The van der Waals surface area contributed by atoms with Crippen molar-refractivity contribution >= 4 is 5.91 Å². The van der Waals surface area contributed by atoms with Crippen LogP contribution in [0, 0.1) is 23.2 Å². The first-order chi connectivity index (χ1) is 13.1. The Morgan fingerprint density at radius 2 is 1.56 bits per heavy atom. The number of carbonyl (C=O) groups is 1. The summed E-state index contributed by atoms with van der Waals surface area (Å²) in [6, 6.07) is 8.04. The van der Waals surface area contributed by atoms with E-state index in [4.69, 9.17) is 4.74 Å². The highest BCUT2D eigenvalue weighted by Gasteiger charge is 2.53. The quantitative estimate of drug-likeness (QED) is 0.762. The average molecular weight is 368 g/mol. The van der Waals surface area contributed by atoms with E-state index in [0.29, 0.717) is 11.5 Å². The maximum absolute atomic E-state index is 12.9. The Morgan fingerprint density at radius 3 is 2.11 bits per heavy atom. The van der Waals surface area contributed by atoms with Crippen molar-refractivity contribution in [2.24, 2.45) is 23.2 Å². The van der Waals surface area contributed by atoms with Crippen LogP contribution in [0.1, 0.15) is 81.5 Å².